The summed E-state index contributed by atoms with van der Waals surface area (Å²) < 4.78 is 18.9. The summed E-state index contributed by atoms with van der Waals surface area (Å²) in [6.07, 6.45) is 0.165. The molecule has 1 amide bonds. The zero-order valence-electron chi connectivity index (χ0n) is 12.1. The van der Waals surface area contributed by atoms with Crippen molar-refractivity contribution >= 4 is 17.3 Å². The van der Waals surface area contributed by atoms with Gasteiger partial charge in [-0.1, -0.05) is 0 Å². The molecular formula is C14H22FN3O2. The highest BCUT2D eigenvalue weighted by atomic mass is 19.1. The monoisotopic (exact) mass is 283 g/mol. The SMILES string of the molecule is CC(C)OCCN(C)CC(=O)Nc1cc(N)ccc1F. The van der Waals surface area contributed by atoms with Gasteiger partial charge in [-0.3, -0.25) is 9.69 Å². The second-order valence-electron chi connectivity index (χ2n) is 4.94. The van der Waals surface area contributed by atoms with Crippen molar-refractivity contribution in [3.8, 4) is 0 Å². The highest BCUT2D eigenvalue weighted by molar-refractivity contribution is 5.92. The Balaban J connectivity index is 2.41. The maximum atomic E-state index is 13.5. The number of nitrogens with two attached hydrogens (primary N) is 1. The third-order valence-electron chi connectivity index (χ3n) is 2.60. The Bertz CT molecular complexity index is 452. The fourth-order valence-corrected chi connectivity index (χ4v) is 1.60. The minimum Gasteiger partial charge on any atom is -0.399 e. The van der Waals surface area contributed by atoms with Gasteiger partial charge in [0.15, 0.2) is 0 Å². The molecule has 5 nitrogen and oxygen atoms in total. The molecule has 0 aliphatic carbocycles. The van der Waals surface area contributed by atoms with Gasteiger partial charge in [0.2, 0.25) is 5.91 Å². The van der Waals surface area contributed by atoms with Crippen LogP contribution in [0.5, 0.6) is 0 Å². The van der Waals surface area contributed by atoms with Crippen molar-refractivity contribution in [3.63, 3.8) is 0 Å². The van der Waals surface area contributed by atoms with E-state index in [2.05, 4.69) is 5.32 Å². The van der Waals surface area contributed by atoms with Gasteiger partial charge in [-0.05, 0) is 39.1 Å². The van der Waals surface area contributed by atoms with E-state index in [1.807, 2.05) is 18.7 Å². The first-order valence-corrected chi connectivity index (χ1v) is 6.53. The van der Waals surface area contributed by atoms with Crippen molar-refractivity contribution in [3.05, 3.63) is 24.0 Å². The highest BCUT2D eigenvalue weighted by Crippen LogP contribution is 2.17. The zero-order valence-corrected chi connectivity index (χ0v) is 12.1. The van der Waals surface area contributed by atoms with Gasteiger partial charge in [0.25, 0.3) is 0 Å². The van der Waals surface area contributed by atoms with E-state index in [0.29, 0.717) is 18.8 Å². The summed E-state index contributed by atoms with van der Waals surface area (Å²) in [5.41, 5.74) is 6.06. The van der Waals surface area contributed by atoms with Crippen molar-refractivity contribution in [2.75, 3.05) is 37.8 Å². The van der Waals surface area contributed by atoms with Crippen LogP contribution in [-0.2, 0) is 9.53 Å². The molecule has 0 saturated carbocycles. The number of hydrogen-bond acceptors (Lipinski definition) is 4. The van der Waals surface area contributed by atoms with Gasteiger partial charge in [-0.25, -0.2) is 4.39 Å². The molecule has 0 fully saturated rings. The first-order chi connectivity index (χ1) is 9.38. The fraction of sp³-hybridized carbons (Fsp3) is 0.500. The first kappa shape index (κ1) is 16.4. The standard InChI is InChI=1S/C14H22FN3O2/c1-10(2)20-7-6-18(3)9-14(19)17-13-8-11(16)4-5-12(13)15/h4-5,8,10H,6-7,9,16H2,1-3H3,(H,17,19). The van der Waals surface area contributed by atoms with E-state index in [-0.39, 0.29) is 24.2 Å². The molecule has 0 atom stereocenters. The number of likely N-dealkylation sites (N-methyl/N-ethyl adjacent to an activating group) is 1. The van der Waals surface area contributed by atoms with Crippen LogP contribution in [0.1, 0.15) is 13.8 Å². The summed E-state index contributed by atoms with van der Waals surface area (Å²) >= 11 is 0. The lowest BCUT2D eigenvalue weighted by Crippen LogP contribution is -2.33. The molecule has 0 radical (unpaired) electrons. The summed E-state index contributed by atoms with van der Waals surface area (Å²) in [4.78, 5) is 13.6. The van der Waals surface area contributed by atoms with Gasteiger partial charge in [0, 0.05) is 12.2 Å². The number of carbonyl (C=O) groups is 1. The molecule has 0 aliphatic rings. The number of halogens is 1. The molecule has 20 heavy (non-hydrogen) atoms. The van der Waals surface area contributed by atoms with Crippen molar-refractivity contribution in [1.29, 1.82) is 0 Å². The third-order valence-corrected chi connectivity index (χ3v) is 2.60. The van der Waals surface area contributed by atoms with E-state index in [1.54, 1.807) is 7.05 Å². The van der Waals surface area contributed by atoms with Gasteiger partial charge in [-0.15, -0.1) is 0 Å². The summed E-state index contributed by atoms with van der Waals surface area (Å²) in [5, 5.41) is 2.50. The third kappa shape index (κ3) is 5.99. The van der Waals surface area contributed by atoms with Gasteiger partial charge in [-0.2, -0.15) is 0 Å². The Hall–Kier alpha value is -1.66. The molecule has 0 bridgehead atoms. The van der Waals surface area contributed by atoms with Crippen LogP contribution >= 0.6 is 0 Å². The minimum atomic E-state index is -0.502. The predicted molar refractivity (Wildman–Crippen MR) is 78.0 cm³/mol. The van der Waals surface area contributed by atoms with Crippen LogP contribution in [0.2, 0.25) is 0 Å². The van der Waals surface area contributed by atoms with E-state index in [0.717, 1.165) is 0 Å². The maximum absolute atomic E-state index is 13.5. The van der Waals surface area contributed by atoms with E-state index in [9.17, 15) is 9.18 Å². The van der Waals surface area contributed by atoms with Crippen LogP contribution in [0, 0.1) is 5.82 Å². The second-order valence-corrected chi connectivity index (χ2v) is 4.94. The van der Waals surface area contributed by atoms with Gasteiger partial charge in [0.1, 0.15) is 5.82 Å². The smallest absolute Gasteiger partial charge is 0.238 e. The van der Waals surface area contributed by atoms with Crippen LogP contribution in [0.15, 0.2) is 18.2 Å². The number of ether oxygens (including phenoxy) is 1. The van der Waals surface area contributed by atoms with Crippen molar-refractivity contribution < 1.29 is 13.9 Å². The Morgan fingerprint density at radius 3 is 2.85 bits per heavy atom. The summed E-state index contributed by atoms with van der Waals surface area (Å²) in [6.45, 7) is 5.25. The molecule has 0 heterocycles. The number of nitrogens with zero attached hydrogens (tertiary/aromatic N) is 1. The molecule has 1 aromatic rings. The molecule has 0 aromatic heterocycles. The number of amides is 1. The van der Waals surface area contributed by atoms with Gasteiger partial charge < -0.3 is 15.8 Å². The number of rotatable bonds is 7. The number of nitrogens with one attached hydrogen (secondary N) is 1. The normalized spacial score (nSPS) is 11.1. The molecule has 6 heteroatoms. The summed E-state index contributed by atoms with van der Waals surface area (Å²) in [5.74, 6) is -0.792. The van der Waals surface area contributed by atoms with E-state index < -0.39 is 5.82 Å². The number of benzene rings is 1. The number of anilines is 2. The Morgan fingerprint density at radius 1 is 1.50 bits per heavy atom. The average molecular weight is 283 g/mol. The summed E-state index contributed by atoms with van der Waals surface area (Å²) in [7, 11) is 1.80. The van der Waals surface area contributed by atoms with Crippen molar-refractivity contribution in [2.45, 2.75) is 20.0 Å². The van der Waals surface area contributed by atoms with Crippen LogP contribution < -0.4 is 11.1 Å². The quantitative estimate of drug-likeness (QED) is 0.747. The van der Waals surface area contributed by atoms with Crippen molar-refractivity contribution in [1.82, 2.24) is 4.90 Å². The predicted octanol–water partition coefficient (Wildman–Crippen LogP) is 1.70. The lowest BCUT2D eigenvalue weighted by Gasteiger charge is -2.17. The topological polar surface area (TPSA) is 67.6 Å². The fourth-order valence-electron chi connectivity index (χ4n) is 1.60. The van der Waals surface area contributed by atoms with Crippen LogP contribution in [0.25, 0.3) is 0 Å². The number of carbonyl (C=O) groups excluding carboxylic acids is 1. The van der Waals surface area contributed by atoms with E-state index in [1.165, 1.54) is 18.2 Å². The number of hydrogen-bond donors (Lipinski definition) is 2. The van der Waals surface area contributed by atoms with Crippen LogP contribution in [0.3, 0.4) is 0 Å². The molecule has 0 aliphatic heterocycles. The number of nitrogen functional groups attached to an aromatic ring is 1. The maximum Gasteiger partial charge on any atom is 0.238 e. The summed E-state index contributed by atoms with van der Waals surface area (Å²) in [6, 6.07) is 4.07. The lowest BCUT2D eigenvalue weighted by atomic mass is 10.2. The van der Waals surface area contributed by atoms with E-state index >= 15 is 0 Å². The molecule has 1 aromatic carbocycles. The Labute approximate surface area is 118 Å². The highest BCUT2D eigenvalue weighted by Gasteiger charge is 2.10. The van der Waals surface area contributed by atoms with Crippen molar-refractivity contribution in [2.24, 2.45) is 0 Å². The average Bonchev–Trinajstić information content (AvgIpc) is 2.33. The van der Waals surface area contributed by atoms with Gasteiger partial charge in [0.05, 0.1) is 24.9 Å². The second kappa shape index (κ2) is 7.81. The molecule has 0 spiro atoms. The van der Waals surface area contributed by atoms with Crippen LogP contribution in [0.4, 0.5) is 15.8 Å². The minimum absolute atomic E-state index is 0.0989. The molecule has 0 saturated heterocycles. The molecular weight excluding hydrogens is 261 g/mol. The molecule has 0 unspecified atom stereocenters. The van der Waals surface area contributed by atoms with Crippen LogP contribution in [-0.4, -0.2) is 43.7 Å². The zero-order chi connectivity index (χ0) is 15.1. The van der Waals surface area contributed by atoms with Gasteiger partial charge >= 0.3 is 0 Å². The molecule has 3 N–H and O–H groups in total. The lowest BCUT2D eigenvalue weighted by molar-refractivity contribution is -0.117. The Kier molecular flexibility index (Phi) is 6.41. The molecule has 112 valence electrons. The molecule has 1 rings (SSSR count). The van der Waals surface area contributed by atoms with E-state index in [4.69, 9.17) is 10.5 Å². The Morgan fingerprint density at radius 2 is 2.20 bits per heavy atom. The largest absolute Gasteiger partial charge is 0.399 e. The first-order valence-electron chi connectivity index (χ1n) is 6.53.